The summed E-state index contributed by atoms with van der Waals surface area (Å²) < 4.78 is 7.58. The van der Waals surface area contributed by atoms with Crippen molar-refractivity contribution in [2.24, 2.45) is 5.73 Å². The van der Waals surface area contributed by atoms with Gasteiger partial charge in [0.15, 0.2) is 0 Å². The molecule has 0 radical (unpaired) electrons. The maximum Gasteiger partial charge on any atom is 0.143 e. The second-order valence-electron chi connectivity index (χ2n) is 4.78. The first-order valence-electron chi connectivity index (χ1n) is 6.10. The molecule has 1 aromatic heterocycles. The van der Waals surface area contributed by atoms with E-state index in [9.17, 15) is 0 Å². The van der Waals surface area contributed by atoms with Gasteiger partial charge in [-0.2, -0.15) is 0 Å². The van der Waals surface area contributed by atoms with E-state index in [2.05, 4.69) is 10.3 Å². The van der Waals surface area contributed by atoms with Crippen molar-refractivity contribution in [1.29, 1.82) is 0 Å². The molecule has 3 rings (SSSR count). The Hall–Kier alpha value is -1.01. The monoisotopic (exact) mass is 252 g/mol. The van der Waals surface area contributed by atoms with E-state index in [0.717, 1.165) is 31.7 Å². The maximum atomic E-state index is 5.69. The fraction of sp³-hybridized carbons (Fsp3) is 0.727. The van der Waals surface area contributed by atoms with E-state index < -0.39 is 0 Å². The molecule has 2 heterocycles. The third kappa shape index (κ3) is 2.19. The zero-order chi connectivity index (χ0) is 11.8. The first-order chi connectivity index (χ1) is 8.25. The second-order valence-corrected chi connectivity index (χ2v) is 5.22. The van der Waals surface area contributed by atoms with Crippen LogP contribution in [0.4, 0.5) is 0 Å². The lowest BCUT2D eigenvalue weighted by atomic mass is 10.2. The zero-order valence-corrected chi connectivity index (χ0v) is 10.4. The van der Waals surface area contributed by atoms with Crippen molar-refractivity contribution in [3.05, 3.63) is 11.4 Å². The Kier molecular flexibility index (Phi) is 2.84. The fourth-order valence-electron chi connectivity index (χ4n) is 2.37. The summed E-state index contributed by atoms with van der Waals surface area (Å²) in [6, 6.07) is 0. The lowest BCUT2D eigenvalue weighted by Gasteiger charge is -2.11. The summed E-state index contributed by atoms with van der Waals surface area (Å²) in [4.78, 5) is 0.352. The number of hydrogen-bond acceptors (Lipinski definition) is 4. The number of nitrogens with zero attached hydrogens (tertiary/aromatic N) is 3. The molecule has 0 bridgehead atoms. The molecule has 6 heteroatoms. The zero-order valence-electron chi connectivity index (χ0n) is 9.63. The minimum Gasteiger partial charge on any atom is -0.388 e. The number of hydrogen-bond donors (Lipinski definition) is 1. The lowest BCUT2D eigenvalue weighted by Crippen LogP contribution is -2.19. The molecular formula is C11H16N4OS. The number of rotatable bonds is 4. The molecule has 0 amide bonds. The van der Waals surface area contributed by atoms with Crippen LogP contribution in [0.5, 0.6) is 0 Å². The first-order valence-corrected chi connectivity index (χ1v) is 6.51. The largest absolute Gasteiger partial charge is 0.388 e. The lowest BCUT2D eigenvalue weighted by molar-refractivity contribution is 0.0927. The molecule has 5 nitrogen and oxygen atoms in total. The van der Waals surface area contributed by atoms with Crippen LogP contribution in [0.25, 0.3) is 0 Å². The molecule has 2 N–H and O–H groups in total. The van der Waals surface area contributed by atoms with E-state index >= 15 is 0 Å². The fourth-order valence-corrected chi connectivity index (χ4v) is 2.52. The number of thiocarbonyl (C=S) groups is 1. The molecule has 1 aliphatic heterocycles. The Morgan fingerprint density at radius 2 is 2.29 bits per heavy atom. The van der Waals surface area contributed by atoms with Crippen LogP contribution in [0, 0.1) is 0 Å². The summed E-state index contributed by atoms with van der Waals surface area (Å²) in [5.74, 6) is 0.544. The Labute approximate surface area is 105 Å². The summed E-state index contributed by atoms with van der Waals surface area (Å²) in [5, 5.41) is 8.29. The predicted molar refractivity (Wildman–Crippen MR) is 66.9 cm³/mol. The van der Waals surface area contributed by atoms with Gasteiger partial charge in [-0.1, -0.05) is 17.4 Å². The average molecular weight is 252 g/mol. The highest BCUT2D eigenvalue weighted by Gasteiger charge is 2.33. The van der Waals surface area contributed by atoms with Gasteiger partial charge in [0.05, 0.1) is 18.3 Å². The average Bonchev–Trinajstić information content (AvgIpc) is 2.85. The molecule has 92 valence electrons. The molecule has 1 aromatic rings. The second kappa shape index (κ2) is 4.34. The van der Waals surface area contributed by atoms with E-state index in [1.807, 2.05) is 4.68 Å². The van der Waals surface area contributed by atoms with E-state index in [1.165, 1.54) is 12.8 Å². The van der Waals surface area contributed by atoms with Gasteiger partial charge >= 0.3 is 0 Å². The van der Waals surface area contributed by atoms with Crippen molar-refractivity contribution in [3.63, 3.8) is 0 Å². The molecule has 0 spiro atoms. The van der Waals surface area contributed by atoms with Gasteiger partial charge < -0.3 is 10.5 Å². The highest BCUT2D eigenvalue weighted by atomic mass is 32.1. The Bertz CT molecular complexity index is 435. The topological polar surface area (TPSA) is 66.0 Å². The van der Waals surface area contributed by atoms with Crippen molar-refractivity contribution in [3.8, 4) is 0 Å². The van der Waals surface area contributed by atoms with E-state index in [4.69, 9.17) is 22.7 Å². The van der Waals surface area contributed by atoms with Gasteiger partial charge in [-0.25, -0.2) is 4.68 Å². The number of ether oxygens (including phenoxy) is 1. The predicted octanol–water partition coefficient (Wildman–Crippen LogP) is 0.969. The Morgan fingerprint density at radius 1 is 1.47 bits per heavy atom. The smallest absolute Gasteiger partial charge is 0.143 e. The number of aromatic nitrogens is 3. The third-order valence-electron chi connectivity index (χ3n) is 3.37. The van der Waals surface area contributed by atoms with E-state index in [0.29, 0.717) is 16.6 Å². The van der Waals surface area contributed by atoms with Crippen LogP contribution >= 0.6 is 12.2 Å². The van der Waals surface area contributed by atoms with Crippen LogP contribution in [0.15, 0.2) is 0 Å². The van der Waals surface area contributed by atoms with Crippen molar-refractivity contribution in [1.82, 2.24) is 15.0 Å². The third-order valence-corrected chi connectivity index (χ3v) is 3.56. The van der Waals surface area contributed by atoms with Crippen molar-refractivity contribution < 1.29 is 4.74 Å². The molecule has 1 saturated carbocycles. The van der Waals surface area contributed by atoms with E-state index in [-0.39, 0.29) is 6.10 Å². The van der Waals surface area contributed by atoms with Crippen molar-refractivity contribution in [2.75, 3.05) is 6.61 Å². The SMILES string of the molecule is NC(=S)c1nnn(CC2CCCO2)c1C1CC1. The minimum atomic E-state index is 0.272. The Balaban J connectivity index is 1.85. The summed E-state index contributed by atoms with van der Waals surface area (Å²) in [6.07, 6.45) is 4.89. The summed E-state index contributed by atoms with van der Waals surface area (Å²) >= 11 is 5.02. The molecule has 2 fully saturated rings. The molecule has 1 atom stereocenters. The van der Waals surface area contributed by atoms with E-state index in [1.54, 1.807) is 0 Å². The van der Waals surface area contributed by atoms with Crippen LogP contribution in [-0.2, 0) is 11.3 Å². The molecule has 1 unspecified atom stereocenters. The van der Waals surface area contributed by atoms with Crippen LogP contribution in [0.2, 0.25) is 0 Å². The highest BCUT2D eigenvalue weighted by Crippen LogP contribution is 2.41. The van der Waals surface area contributed by atoms with Gasteiger partial charge in [0, 0.05) is 12.5 Å². The standard InChI is InChI=1S/C11H16N4OS/c12-11(17)9-10(7-3-4-7)15(14-13-9)6-8-2-1-5-16-8/h7-8H,1-6H2,(H2,12,17). The van der Waals surface area contributed by atoms with Gasteiger partial charge in [0.2, 0.25) is 0 Å². The first kappa shape index (κ1) is 11.1. The highest BCUT2D eigenvalue weighted by molar-refractivity contribution is 7.80. The Morgan fingerprint density at radius 3 is 2.88 bits per heavy atom. The molecule has 0 aromatic carbocycles. The van der Waals surface area contributed by atoms with Gasteiger partial charge in [0.25, 0.3) is 0 Å². The van der Waals surface area contributed by atoms with Gasteiger partial charge in [-0.3, -0.25) is 0 Å². The van der Waals surface area contributed by atoms with Gasteiger partial charge in [0.1, 0.15) is 10.7 Å². The van der Waals surface area contributed by atoms with Crippen molar-refractivity contribution >= 4 is 17.2 Å². The molecule has 17 heavy (non-hydrogen) atoms. The molecule has 1 aliphatic carbocycles. The maximum absolute atomic E-state index is 5.69. The summed E-state index contributed by atoms with van der Waals surface area (Å²) in [7, 11) is 0. The minimum absolute atomic E-state index is 0.272. The summed E-state index contributed by atoms with van der Waals surface area (Å²) in [5.41, 5.74) is 7.51. The summed E-state index contributed by atoms with van der Waals surface area (Å²) in [6.45, 7) is 1.64. The molecule has 2 aliphatic rings. The van der Waals surface area contributed by atoms with Crippen LogP contribution < -0.4 is 5.73 Å². The van der Waals surface area contributed by atoms with Crippen LogP contribution in [0.1, 0.15) is 43.0 Å². The van der Waals surface area contributed by atoms with Crippen molar-refractivity contribution in [2.45, 2.75) is 44.2 Å². The van der Waals surface area contributed by atoms with Gasteiger partial charge in [-0.15, -0.1) is 5.10 Å². The van der Waals surface area contributed by atoms with Crippen LogP contribution in [-0.4, -0.2) is 32.7 Å². The van der Waals surface area contributed by atoms with Gasteiger partial charge in [-0.05, 0) is 25.7 Å². The normalized spacial score (nSPS) is 24.1. The number of nitrogens with two attached hydrogens (primary N) is 1. The molecule has 1 saturated heterocycles. The molecular weight excluding hydrogens is 236 g/mol. The van der Waals surface area contributed by atoms with Crippen LogP contribution in [0.3, 0.4) is 0 Å². The quantitative estimate of drug-likeness (QED) is 0.809.